The van der Waals surface area contributed by atoms with E-state index in [4.69, 9.17) is 5.11 Å². The number of carbonyl (C=O) groups excluding carboxylic acids is 1. The van der Waals surface area contributed by atoms with Crippen molar-refractivity contribution in [2.24, 2.45) is 0 Å². The first kappa shape index (κ1) is 12.0. The van der Waals surface area contributed by atoms with E-state index in [0.29, 0.717) is 5.56 Å². The summed E-state index contributed by atoms with van der Waals surface area (Å²) in [6.07, 6.45) is 1.19. The highest BCUT2D eigenvalue weighted by molar-refractivity contribution is 5.98. The van der Waals surface area contributed by atoms with E-state index in [0.717, 1.165) is 0 Å². The second-order valence-corrected chi connectivity index (χ2v) is 3.53. The Hall–Kier alpha value is -2.10. The smallest absolute Gasteiger partial charge is 0.333 e. The third kappa shape index (κ3) is 2.48. The van der Waals surface area contributed by atoms with Crippen LogP contribution in [-0.4, -0.2) is 22.5 Å². The number of rotatable bonds is 4. The van der Waals surface area contributed by atoms with Gasteiger partial charge in [0, 0.05) is 5.56 Å². The van der Waals surface area contributed by atoms with E-state index in [2.05, 4.69) is 11.9 Å². The van der Waals surface area contributed by atoms with Gasteiger partial charge in [-0.25, -0.2) is 4.79 Å². The van der Waals surface area contributed by atoms with Crippen LogP contribution in [0.2, 0.25) is 0 Å². The number of hydrogen-bond donors (Lipinski definition) is 2. The molecule has 84 valence electrons. The van der Waals surface area contributed by atoms with Gasteiger partial charge in [0.15, 0.2) is 5.54 Å². The standard InChI is InChI=1S/C12H13NO3/c1-3-12(2,11(15)16)13-10(14)9-7-5-4-6-8-9/h3-8H,1H2,2H3,(H,13,14)(H,15,16)/t12-/m1/s1. The summed E-state index contributed by atoms with van der Waals surface area (Å²) in [6, 6.07) is 8.42. The van der Waals surface area contributed by atoms with Gasteiger partial charge < -0.3 is 10.4 Å². The Kier molecular flexibility index (Phi) is 3.45. The average molecular weight is 219 g/mol. The zero-order valence-corrected chi connectivity index (χ0v) is 8.93. The molecule has 4 heteroatoms. The van der Waals surface area contributed by atoms with Gasteiger partial charge >= 0.3 is 5.97 Å². The van der Waals surface area contributed by atoms with Crippen molar-refractivity contribution in [3.05, 3.63) is 48.6 Å². The SMILES string of the molecule is C=C[C@@](C)(NC(=O)c1ccccc1)C(=O)O. The van der Waals surface area contributed by atoms with Crippen molar-refractivity contribution < 1.29 is 14.7 Å². The van der Waals surface area contributed by atoms with Crippen LogP contribution in [0.15, 0.2) is 43.0 Å². The third-order valence-corrected chi connectivity index (χ3v) is 2.26. The molecule has 1 aromatic rings. The maximum Gasteiger partial charge on any atom is 0.333 e. The van der Waals surface area contributed by atoms with E-state index in [1.165, 1.54) is 13.0 Å². The third-order valence-electron chi connectivity index (χ3n) is 2.26. The maximum atomic E-state index is 11.7. The first-order valence-electron chi connectivity index (χ1n) is 4.74. The normalized spacial score (nSPS) is 13.6. The summed E-state index contributed by atoms with van der Waals surface area (Å²) in [4.78, 5) is 22.6. The van der Waals surface area contributed by atoms with Crippen molar-refractivity contribution in [1.82, 2.24) is 5.32 Å². The largest absolute Gasteiger partial charge is 0.479 e. The van der Waals surface area contributed by atoms with E-state index in [1.807, 2.05) is 0 Å². The van der Waals surface area contributed by atoms with Crippen molar-refractivity contribution in [3.63, 3.8) is 0 Å². The minimum absolute atomic E-state index is 0.414. The van der Waals surface area contributed by atoms with Crippen LogP contribution in [0, 0.1) is 0 Å². The molecular weight excluding hydrogens is 206 g/mol. The summed E-state index contributed by atoms with van der Waals surface area (Å²) < 4.78 is 0. The van der Waals surface area contributed by atoms with Crippen molar-refractivity contribution >= 4 is 11.9 Å². The molecule has 0 aliphatic heterocycles. The molecular formula is C12H13NO3. The molecule has 0 saturated carbocycles. The fourth-order valence-electron chi connectivity index (χ4n) is 1.09. The van der Waals surface area contributed by atoms with Crippen molar-refractivity contribution in [3.8, 4) is 0 Å². The Bertz CT molecular complexity index is 414. The molecule has 4 nitrogen and oxygen atoms in total. The number of nitrogens with one attached hydrogen (secondary N) is 1. The molecule has 0 aliphatic rings. The topological polar surface area (TPSA) is 66.4 Å². The van der Waals surface area contributed by atoms with E-state index in [1.54, 1.807) is 30.3 Å². The molecule has 1 amide bonds. The molecule has 1 rings (SSSR count). The van der Waals surface area contributed by atoms with Crippen molar-refractivity contribution in [2.45, 2.75) is 12.5 Å². The van der Waals surface area contributed by atoms with Gasteiger partial charge in [-0.1, -0.05) is 24.3 Å². The Balaban J connectivity index is 2.86. The molecule has 1 aromatic carbocycles. The van der Waals surface area contributed by atoms with E-state index >= 15 is 0 Å². The summed E-state index contributed by atoms with van der Waals surface area (Å²) in [6.45, 7) is 4.78. The Labute approximate surface area is 93.6 Å². The Morgan fingerprint density at radius 1 is 1.38 bits per heavy atom. The van der Waals surface area contributed by atoms with Gasteiger partial charge in [0.05, 0.1) is 0 Å². The first-order valence-corrected chi connectivity index (χ1v) is 4.74. The lowest BCUT2D eigenvalue weighted by molar-refractivity contribution is -0.141. The van der Waals surface area contributed by atoms with Gasteiger partial charge in [-0.2, -0.15) is 0 Å². The molecule has 0 radical (unpaired) electrons. The summed E-state index contributed by atoms with van der Waals surface area (Å²) >= 11 is 0. The number of carbonyl (C=O) groups is 2. The highest BCUT2D eigenvalue weighted by atomic mass is 16.4. The molecule has 2 N–H and O–H groups in total. The lowest BCUT2D eigenvalue weighted by Gasteiger charge is -2.21. The fourth-order valence-corrected chi connectivity index (χ4v) is 1.09. The maximum absolute atomic E-state index is 11.7. The number of hydrogen-bond acceptors (Lipinski definition) is 2. The van der Waals surface area contributed by atoms with Crippen molar-refractivity contribution in [2.75, 3.05) is 0 Å². The van der Waals surface area contributed by atoms with Crippen LogP contribution in [0.1, 0.15) is 17.3 Å². The average Bonchev–Trinajstić information content (AvgIpc) is 2.29. The highest BCUT2D eigenvalue weighted by Crippen LogP contribution is 2.07. The van der Waals surface area contributed by atoms with Gasteiger partial charge in [0.25, 0.3) is 5.91 Å². The molecule has 0 fully saturated rings. The van der Waals surface area contributed by atoms with Crippen LogP contribution < -0.4 is 5.32 Å². The van der Waals surface area contributed by atoms with Crippen LogP contribution >= 0.6 is 0 Å². The van der Waals surface area contributed by atoms with Crippen LogP contribution in [0.5, 0.6) is 0 Å². The lowest BCUT2D eigenvalue weighted by Crippen LogP contribution is -2.50. The molecule has 1 atom stereocenters. The number of carboxylic acids is 1. The molecule has 0 saturated heterocycles. The quantitative estimate of drug-likeness (QED) is 0.753. The van der Waals surface area contributed by atoms with Crippen molar-refractivity contribution in [1.29, 1.82) is 0 Å². The zero-order valence-electron chi connectivity index (χ0n) is 8.93. The second kappa shape index (κ2) is 4.61. The first-order chi connectivity index (χ1) is 7.49. The molecule has 0 heterocycles. The molecule has 0 aliphatic carbocycles. The van der Waals surface area contributed by atoms with Gasteiger partial charge in [-0.15, -0.1) is 6.58 Å². The minimum atomic E-state index is -1.45. The summed E-state index contributed by atoms with van der Waals surface area (Å²) in [7, 11) is 0. The van der Waals surface area contributed by atoms with E-state index in [-0.39, 0.29) is 0 Å². The lowest BCUT2D eigenvalue weighted by atomic mass is 10.0. The van der Waals surface area contributed by atoms with Gasteiger partial charge in [0.2, 0.25) is 0 Å². The minimum Gasteiger partial charge on any atom is -0.479 e. The van der Waals surface area contributed by atoms with Gasteiger partial charge in [-0.3, -0.25) is 4.79 Å². The predicted molar refractivity (Wildman–Crippen MR) is 60.1 cm³/mol. The summed E-state index contributed by atoms with van der Waals surface area (Å²) in [5.41, 5.74) is -1.04. The molecule has 0 bridgehead atoms. The number of amides is 1. The molecule has 0 spiro atoms. The molecule has 0 unspecified atom stereocenters. The second-order valence-electron chi connectivity index (χ2n) is 3.53. The highest BCUT2D eigenvalue weighted by Gasteiger charge is 2.31. The number of aliphatic carboxylic acids is 1. The predicted octanol–water partition coefficient (Wildman–Crippen LogP) is 1.45. The van der Waals surface area contributed by atoms with E-state index < -0.39 is 17.4 Å². The number of carboxylic acid groups (broad SMARTS) is 1. The molecule has 16 heavy (non-hydrogen) atoms. The summed E-state index contributed by atoms with van der Waals surface area (Å²) in [5, 5.41) is 11.3. The Morgan fingerprint density at radius 3 is 2.38 bits per heavy atom. The van der Waals surface area contributed by atoms with Crippen LogP contribution in [0.25, 0.3) is 0 Å². The molecule has 0 aromatic heterocycles. The summed E-state index contributed by atoms with van der Waals surface area (Å²) in [5.74, 6) is -1.59. The van der Waals surface area contributed by atoms with Gasteiger partial charge in [-0.05, 0) is 19.1 Å². The van der Waals surface area contributed by atoms with E-state index in [9.17, 15) is 9.59 Å². The number of benzene rings is 1. The van der Waals surface area contributed by atoms with Crippen LogP contribution in [-0.2, 0) is 4.79 Å². The fraction of sp³-hybridized carbons (Fsp3) is 0.167. The van der Waals surface area contributed by atoms with Crippen LogP contribution in [0.3, 0.4) is 0 Å². The van der Waals surface area contributed by atoms with Crippen LogP contribution in [0.4, 0.5) is 0 Å². The van der Waals surface area contributed by atoms with Gasteiger partial charge in [0.1, 0.15) is 0 Å². The zero-order chi connectivity index (χ0) is 12.2. The Morgan fingerprint density at radius 2 is 1.94 bits per heavy atom. The monoisotopic (exact) mass is 219 g/mol.